The third-order valence-electron chi connectivity index (χ3n) is 17.4. The van der Waals surface area contributed by atoms with Crippen LogP contribution in [0.15, 0.2) is 281 Å². The Hall–Kier alpha value is -11.3. The molecule has 6 heteroatoms. The second kappa shape index (κ2) is 17.1. The zero-order valence-corrected chi connectivity index (χ0v) is 44.7. The molecule has 6 nitrogen and oxygen atoms in total. The first-order valence-electron chi connectivity index (χ1n) is 28.3. The van der Waals surface area contributed by atoms with E-state index in [0.717, 1.165) is 198 Å². The van der Waals surface area contributed by atoms with Crippen LogP contribution in [0.4, 0.5) is 0 Å². The van der Waals surface area contributed by atoms with Crippen LogP contribution in [0.1, 0.15) is 0 Å². The van der Waals surface area contributed by atoms with Crippen molar-refractivity contribution in [2.24, 2.45) is 0 Å². The van der Waals surface area contributed by atoms with Gasteiger partial charge in [-0.2, -0.15) is 0 Å². The highest BCUT2D eigenvalue weighted by Crippen LogP contribution is 2.45. The normalized spacial score (nSPS) is 12.3. The maximum Gasteiger partial charge on any atom is 0.136 e. The topological polar surface area (TPSA) is 78.8 Å². The molecule has 390 valence electrons. The largest absolute Gasteiger partial charge is 0.456 e. The predicted octanol–water partition coefficient (Wildman–Crippen LogP) is 23.1. The molecule has 0 fully saturated rings. The molecular weight excluding hydrogens is 1030 g/mol. The lowest BCUT2D eigenvalue weighted by atomic mass is 9.92. The second-order valence-corrected chi connectivity index (χ2v) is 22.3. The fraction of sp³-hybridized carbons (Fsp3) is 0. The first kappa shape index (κ1) is 45.4. The number of furan rings is 6. The second-order valence-electron chi connectivity index (χ2n) is 22.3. The van der Waals surface area contributed by atoms with Crippen molar-refractivity contribution in [1.82, 2.24) is 0 Å². The van der Waals surface area contributed by atoms with Gasteiger partial charge in [-0.3, -0.25) is 0 Å². The van der Waals surface area contributed by atoms with Crippen molar-refractivity contribution in [3.05, 3.63) is 255 Å². The summed E-state index contributed by atoms with van der Waals surface area (Å²) in [5, 5.41) is 12.3. The van der Waals surface area contributed by atoms with Gasteiger partial charge >= 0.3 is 0 Å². The number of benzene rings is 13. The van der Waals surface area contributed by atoms with Crippen LogP contribution in [0.2, 0.25) is 0 Å². The van der Waals surface area contributed by atoms with Crippen molar-refractivity contribution < 1.29 is 26.5 Å². The zero-order chi connectivity index (χ0) is 54.7. The van der Waals surface area contributed by atoms with Gasteiger partial charge in [0.05, 0.1) is 0 Å². The minimum absolute atomic E-state index is 0.812. The molecule has 0 aliphatic rings. The van der Waals surface area contributed by atoms with Gasteiger partial charge in [-0.05, 0) is 194 Å². The van der Waals surface area contributed by atoms with Crippen LogP contribution in [0.25, 0.3) is 198 Å². The monoisotopic (exact) mass is 1070 g/mol. The molecule has 0 saturated heterocycles. The molecule has 0 aliphatic heterocycles. The SMILES string of the molecule is c1ccc(-c2ccc3oc4cc5c(cc4c3c2)oc2ccc(-c3cc(-c4ccc6oc7cc8c(cc7c6c4)oc4ccc(-c6ccccc6)cc48)cc(-c4ccc6oc7cc8c(cc7c6c4)oc4ccc(-c6ccccc6)cc48)c3)cc25)cc1. The summed E-state index contributed by atoms with van der Waals surface area (Å²) in [4.78, 5) is 0. The average molecular weight is 1080 g/mol. The quantitative estimate of drug-likeness (QED) is 0.165. The van der Waals surface area contributed by atoms with E-state index in [4.69, 9.17) is 26.5 Å². The first-order valence-corrected chi connectivity index (χ1v) is 28.3. The Morgan fingerprint density at radius 1 is 0.119 bits per heavy atom. The summed E-state index contributed by atoms with van der Waals surface area (Å²) in [6.07, 6.45) is 0. The van der Waals surface area contributed by atoms with E-state index >= 15 is 0 Å². The Balaban J connectivity index is 0.764. The zero-order valence-electron chi connectivity index (χ0n) is 44.7. The van der Waals surface area contributed by atoms with E-state index in [1.807, 2.05) is 18.2 Å². The Morgan fingerprint density at radius 3 is 0.500 bits per heavy atom. The number of fused-ring (bicyclic) bond motifs is 18. The molecule has 19 aromatic rings. The van der Waals surface area contributed by atoms with Crippen molar-refractivity contribution in [1.29, 1.82) is 0 Å². The Bertz CT molecular complexity index is 5370. The van der Waals surface area contributed by atoms with Crippen LogP contribution in [-0.2, 0) is 0 Å². The maximum absolute atomic E-state index is 6.67. The molecule has 6 heterocycles. The minimum Gasteiger partial charge on any atom is -0.456 e. The molecule has 0 N–H and O–H groups in total. The molecular formula is C78H42O6. The molecule has 0 radical (unpaired) electrons. The number of hydrogen-bond donors (Lipinski definition) is 0. The van der Waals surface area contributed by atoms with Gasteiger partial charge in [0.25, 0.3) is 0 Å². The molecule has 0 unspecified atom stereocenters. The van der Waals surface area contributed by atoms with E-state index in [9.17, 15) is 0 Å². The highest BCUT2D eigenvalue weighted by atomic mass is 16.4. The van der Waals surface area contributed by atoms with Crippen LogP contribution in [0.5, 0.6) is 0 Å². The molecule has 0 bridgehead atoms. The van der Waals surface area contributed by atoms with Gasteiger partial charge in [-0.25, -0.2) is 0 Å². The molecule has 0 spiro atoms. The Labute approximate surface area is 477 Å². The third-order valence-corrected chi connectivity index (χ3v) is 17.4. The van der Waals surface area contributed by atoms with Crippen molar-refractivity contribution >= 4 is 132 Å². The summed E-state index contributed by atoms with van der Waals surface area (Å²) in [7, 11) is 0. The van der Waals surface area contributed by atoms with E-state index in [2.05, 4.69) is 237 Å². The third kappa shape index (κ3) is 6.92. The minimum atomic E-state index is 0.812. The Kier molecular flexibility index (Phi) is 9.24. The van der Waals surface area contributed by atoms with Gasteiger partial charge in [-0.15, -0.1) is 0 Å². The van der Waals surface area contributed by atoms with Crippen molar-refractivity contribution in [3.8, 4) is 66.8 Å². The molecule has 0 atom stereocenters. The van der Waals surface area contributed by atoms with E-state index in [0.29, 0.717) is 0 Å². The number of hydrogen-bond acceptors (Lipinski definition) is 6. The molecule has 0 aliphatic carbocycles. The average Bonchev–Trinajstić information content (AvgIpc) is 2.71. The highest BCUT2D eigenvalue weighted by Gasteiger charge is 2.21. The lowest BCUT2D eigenvalue weighted by Gasteiger charge is -2.12. The molecule has 13 aromatic carbocycles. The smallest absolute Gasteiger partial charge is 0.136 e. The van der Waals surface area contributed by atoms with Gasteiger partial charge in [0.15, 0.2) is 0 Å². The summed E-state index contributed by atoms with van der Waals surface area (Å²) >= 11 is 0. The van der Waals surface area contributed by atoms with E-state index in [1.165, 1.54) is 0 Å². The summed E-state index contributed by atoms with van der Waals surface area (Å²) < 4.78 is 39.7. The molecule has 0 amide bonds. The van der Waals surface area contributed by atoms with Gasteiger partial charge in [-0.1, -0.05) is 127 Å². The van der Waals surface area contributed by atoms with Crippen molar-refractivity contribution in [2.45, 2.75) is 0 Å². The maximum atomic E-state index is 6.67. The highest BCUT2D eigenvalue weighted by molar-refractivity contribution is 6.19. The van der Waals surface area contributed by atoms with Crippen molar-refractivity contribution in [2.75, 3.05) is 0 Å². The molecule has 19 rings (SSSR count). The molecule has 84 heavy (non-hydrogen) atoms. The number of rotatable bonds is 6. The van der Waals surface area contributed by atoms with Crippen LogP contribution in [0.3, 0.4) is 0 Å². The summed E-state index contributed by atoms with van der Waals surface area (Å²) in [5.74, 6) is 0. The summed E-state index contributed by atoms with van der Waals surface area (Å²) in [5.41, 5.74) is 23.1. The first-order chi connectivity index (χ1) is 41.5. The van der Waals surface area contributed by atoms with Crippen LogP contribution in [0, 0.1) is 0 Å². The van der Waals surface area contributed by atoms with Crippen LogP contribution < -0.4 is 0 Å². The van der Waals surface area contributed by atoms with Crippen LogP contribution >= 0.6 is 0 Å². The summed E-state index contributed by atoms with van der Waals surface area (Å²) in [6.45, 7) is 0. The standard InChI is InChI=1S/C78H42O6/c1-4-10-43(11-5-1)46-16-22-67-55(31-46)61-37-76-64(40-73(61)79-67)58-34-49(19-25-70(58)82-76)52-28-53(50-20-26-71-59(35-50)65-41-74-62(38-77(65)83-71)56-32-47(17-23-68(56)80-74)44-12-6-2-7-13-44)30-54(29-52)51-21-27-72-60(36-51)66-42-75-63(39-78(66)84-72)57-33-48(18-24-69(57)81-75)45-14-8-3-9-15-45/h1-42H. The van der Waals surface area contributed by atoms with Gasteiger partial charge in [0, 0.05) is 64.6 Å². The Morgan fingerprint density at radius 2 is 0.298 bits per heavy atom. The predicted molar refractivity (Wildman–Crippen MR) is 343 cm³/mol. The summed E-state index contributed by atoms with van der Waals surface area (Å²) in [6, 6.07) is 89.9. The van der Waals surface area contributed by atoms with Crippen LogP contribution in [-0.4, -0.2) is 0 Å². The van der Waals surface area contributed by atoms with Gasteiger partial charge < -0.3 is 26.5 Å². The lowest BCUT2D eigenvalue weighted by Crippen LogP contribution is -1.87. The fourth-order valence-electron chi connectivity index (χ4n) is 13.2. The molecule has 0 saturated carbocycles. The van der Waals surface area contributed by atoms with Crippen molar-refractivity contribution in [3.63, 3.8) is 0 Å². The lowest BCUT2D eigenvalue weighted by molar-refractivity contribution is 0.664. The van der Waals surface area contributed by atoms with Gasteiger partial charge in [0.2, 0.25) is 0 Å². The van der Waals surface area contributed by atoms with E-state index < -0.39 is 0 Å². The van der Waals surface area contributed by atoms with E-state index in [-0.39, 0.29) is 0 Å². The molecule has 6 aromatic heterocycles. The van der Waals surface area contributed by atoms with E-state index in [1.54, 1.807) is 0 Å². The van der Waals surface area contributed by atoms with Gasteiger partial charge in [0.1, 0.15) is 67.0 Å². The fourth-order valence-corrected chi connectivity index (χ4v) is 13.2.